The van der Waals surface area contributed by atoms with Gasteiger partial charge in [-0.15, -0.1) is 0 Å². The van der Waals surface area contributed by atoms with Gasteiger partial charge in [0.15, 0.2) is 5.82 Å². The van der Waals surface area contributed by atoms with Gasteiger partial charge in [0.1, 0.15) is 16.6 Å². The molecule has 0 amide bonds. The van der Waals surface area contributed by atoms with Gasteiger partial charge < -0.3 is 15.4 Å². The van der Waals surface area contributed by atoms with Crippen molar-refractivity contribution < 1.29 is 5.11 Å². The van der Waals surface area contributed by atoms with Gasteiger partial charge in [0.25, 0.3) is 0 Å². The lowest BCUT2D eigenvalue weighted by Gasteiger charge is -2.38. The first-order valence-electron chi connectivity index (χ1n) is 6.12. The number of nitrogens with zero attached hydrogens (tertiary/aromatic N) is 3. The monoisotopic (exact) mass is 315 g/mol. The molecule has 2 rings (SSSR count). The summed E-state index contributed by atoms with van der Waals surface area (Å²) in [6, 6.07) is 0.508. The van der Waals surface area contributed by atoms with E-state index in [1.54, 1.807) is 0 Å². The molecule has 4 N–H and O–H groups in total. The molecule has 0 unspecified atom stereocenters. The van der Waals surface area contributed by atoms with E-state index in [4.69, 9.17) is 10.9 Å². The zero-order valence-electron chi connectivity index (χ0n) is 10.1. The van der Waals surface area contributed by atoms with Crippen LogP contribution in [0.15, 0.2) is 10.8 Å². The molecule has 0 radical (unpaired) electrons. The topological polar surface area (TPSA) is 87.3 Å². The molecule has 0 aromatic carbocycles. The molecule has 0 atom stereocenters. The van der Waals surface area contributed by atoms with Crippen LogP contribution in [0.3, 0.4) is 0 Å². The third kappa shape index (κ3) is 2.73. The lowest BCUT2D eigenvalue weighted by Crippen LogP contribution is -2.42. The van der Waals surface area contributed by atoms with E-state index in [2.05, 4.69) is 36.2 Å². The maximum Gasteiger partial charge on any atom is 0.159 e. The number of rotatable bonds is 6. The van der Waals surface area contributed by atoms with E-state index in [0.29, 0.717) is 11.9 Å². The number of aliphatic hydroxyl groups is 1. The second-order valence-corrected chi connectivity index (χ2v) is 5.15. The highest BCUT2D eigenvalue weighted by Crippen LogP contribution is 2.35. The van der Waals surface area contributed by atoms with Crippen molar-refractivity contribution in [2.24, 2.45) is 5.84 Å². The van der Waals surface area contributed by atoms with Crippen LogP contribution in [0.25, 0.3) is 0 Å². The number of hydrazine groups is 1. The summed E-state index contributed by atoms with van der Waals surface area (Å²) in [6.45, 7) is 0.981. The van der Waals surface area contributed by atoms with Crippen LogP contribution in [0.2, 0.25) is 0 Å². The summed E-state index contributed by atoms with van der Waals surface area (Å²) in [5, 5.41) is 9.00. The van der Waals surface area contributed by atoms with Crippen molar-refractivity contribution in [1.82, 2.24) is 9.97 Å². The van der Waals surface area contributed by atoms with Crippen molar-refractivity contribution in [2.75, 3.05) is 23.5 Å². The third-order valence-electron chi connectivity index (χ3n) is 3.25. The van der Waals surface area contributed by atoms with Gasteiger partial charge in [0.2, 0.25) is 0 Å². The number of aromatic nitrogens is 2. The van der Waals surface area contributed by atoms with Crippen LogP contribution in [0, 0.1) is 0 Å². The summed E-state index contributed by atoms with van der Waals surface area (Å²) in [6.07, 6.45) is 5.84. The van der Waals surface area contributed by atoms with Crippen molar-refractivity contribution in [3.05, 3.63) is 10.8 Å². The predicted molar refractivity (Wildman–Crippen MR) is 74.2 cm³/mol. The van der Waals surface area contributed by atoms with Crippen molar-refractivity contribution in [2.45, 2.75) is 31.7 Å². The first-order chi connectivity index (χ1) is 8.77. The SMILES string of the molecule is NNc1ncnc(N(CCCO)C2CCC2)c1Br. The van der Waals surface area contributed by atoms with E-state index in [1.807, 2.05) is 0 Å². The second-order valence-electron chi connectivity index (χ2n) is 4.36. The molecule has 1 aliphatic carbocycles. The average molecular weight is 316 g/mol. The van der Waals surface area contributed by atoms with Crippen molar-refractivity contribution in [1.29, 1.82) is 0 Å². The van der Waals surface area contributed by atoms with Gasteiger partial charge in [-0.3, -0.25) is 0 Å². The average Bonchev–Trinajstić information content (AvgIpc) is 2.32. The molecule has 6 nitrogen and oxygen atoms in total. The van der Waals surface area contributed by atoms with Gasteiger partial charge >= 0.3 is 0 Å². The summed E-state index contributed by atoms with van der Waals surface area (Å²) >= 11 is 3.48. The molecule has 7 heteroatoms. The molecular formula is C11H18BrN5O. The van der Waals surface area contributed by atoms with Crippen LogP contribution in [-0.4, -0.2) is 34.3 Å². The van der Waals surface area contributed by atoms with Crippen LogP contribution in [0.1, 0.15) is 25.7 Å². The molecule has 1 fully saturated rings. The number of halogens is 1. The van der Waals surface area contributed by atoms with Gasteiger partial charge in [-0.25, -0.2) is 15.8 Å². The summed E-state index contributed by atoms with van der Waals surface area (Å²) in [5.74, 6) is 6.83. The maximum absolute atomic E-state index is 9.00. The number of nitrogen functional groups attached to an aromatic ring is 1. The molecule has 100 valence electrons. The number of aliphatic hydroxyl groups excluding tert-OH is 1. The molecule has 0 saturated heterocycles. The fourth-order valence-electron chi connectivity index (χ4n) is 2.06. The Morgan fingerprint density at radius 1 is 1.50 bits per heavy atom. The predicted octanol–water partition coefficient (Wildman–Crippen LogP) is 1.27. The van der Waals surface area contributed by atoms with Crippen LogP contribution < -0.4 is 16.2 Å². The highest BCUT2D eigenvalue weighted by atomic mass is 79.9. The number of hydrogen-bond donors (Lipinski definition) is 3. The van der Waals surface area contributed by atoms with E-state index in [9.17, 15) is 0 Å². The number of nitrogens with one attached hydrogen (secondary N) is 1. The summed E-state index contributed by atoms with van der Waals surface area (Å²) in [7, 11) is 0. The normalized spacial score (nSPS) is 15.3. The zero-order chi connectivity index (χ0) is 13.0. The highest BCUT2D eigenvalue weighted by molar-refractivity contribution is 9.10. The number of nitrogens with two attached hydrogens (primary N) is 1. The Balaban J connectivity index is 2.23. The molecule has 1 heterocycles. The smallest absolute Gasteiger partial charge is 0.159 e. The molecule has 1 aliphatic rings. The Morgan fingerprint density at radius 2 is 2.28 bits per heavy atom. The summed E-state index contributed by atoms with van der Waals surface area (Å²) in [4.78, 5) is 10.6. The number of hydrogen-bond acceptors (Lipinski definition) is 6. The molecule has 1 saturated carbocycles. The Labute approximate surface area is 115 Å². The minimum Gasteiger partial charge on any atom is -0.396 e. The second kappa shape index (κ2) is 6.31. The minimum absolute atomic E-state index is 0.188. The van der Waals surface area contributed by atoms with Crippen molar-refractivity contribution >= 4 is 27.6 Å². The van der Waals surface area contributed by atoms with E-state index < -0.39 is 0 Å². The quantitative estimate of drug-likeness (QED) is 0.541. The Morgan fingerprint density at radius 3 is 2.83 bits per heavy atom. The van der Waals surface area contributed by atoms with Gasteiger partial charge in [0, 0.05) is 19.2 Å². The van der Waals surface area contributed by atoms with Gasteiger partial charge in [-0.1, -0.05) is 0 Å². The molecule has 18 heavy (non-hydrogen) atoms. The van der Waals surface area contributed by atoms with Crippen molar-refractivity contribution in [3.63, 3.8) is 0 Å². The first kappa shape index (κ1) is 13.5. The van der Waals surface area contributed by atoms with Gasteiger partial charge in [-0.2, -0.15) is 0 Å². The van der Waals surface area contributed by atoms with Crippen LogP contribution in [0.4, 0.5) is 11.6 Å². The summed E-state index contributed by atoms with van der Waals surface area (Å²) < 4.78 is 0.775. The lowest BCUT2D eigenvalue weighted by molar-refractivity contribution is 0.282. The lowest BCUT2D eigenvalue weighted by atomic mass is 9.91. The number of anilines is 2. The van der Waals surface area contributed by atoms with Crippen molar-refractivity contribution in [3.8, 4) is 0 Å². The maximum atomic E-state index is 9.00. The molecule has 1 aromatic heterocycles. The first-order valence-corrected chi connectivity index (χ1v) is 6.92. The largest absolute Gasteiger partial charge is 0.396 e. The van der Waals surface area contributed by atoms with Crippen LogP contribution in [0.5, 0.6) is 0 Å². The zero-order valence-corrected chi connectivity index (χ0v) is 11.7. The van der Waals surface area contributed by atoms with E-state index in [0.717, 1.165) is 23.3 Å². The standard InChI is InChI=1S/C11H18BrN5O/c12-9-10(16-13)14-7-15-11(9)17(5-2-6-18)8-3-1-4-8/h7-8,18H,1-6,13H2,(H,14,15,16). The third-order valence-corrected chi connectivity index (χ3v) is 3.98. The highest BCUT2D eigenvalue weighted by Gasteiger charge is 2.27. The Kier molecular flexibility index (Phi) is 4.73. The van der Waals surface area contributed by atoms with Crippen LogP contribution >= 0.6 is 15.9 Å². The van der Waals surface area contributed by atoms with Gasteiger partial charge in [0.05, 0.1) is 0 Å². The van der Waals surface area contributed by atoms with Crippen LogP contribution in [-0.2, 0) is 0 Å². The molecule has 1 aromatic rings. The Hall–Kier alpha value is -0.920. The fourth-order valence-corrected chi connectivity index (χ4v) is 2.61. The van der Waals surface area contributed by atoms with E-state index >= 15 is 0 Å². The van der Waals surface area contributed by atoms with E-state index in [-0.39, 0.29) is 6.61 Å². The van der Waals surface area contributed by atoms with Gasteiger partial charge in [-0.05, 0) is 41.6 Å². The summed E-state index contributed by atoms with van der Waals surface area (Å²) in [5.41, 5.74) is 2.55. The molecule has 0 spiro atoms. The fraction of sp³-hybridized carbons (Fsp3) is 0.636. The molecular weight excluding hydrogens is 298 g/mol. The minimum atomic E-state index is 0.188. The van der Waals surface area contributed by atoms with E-state index in [1.165, 1.54) is 25.6 Å². The Bertz CT molecular complexity index is 399. The molecule has 0 bridgehead atoms. The molecule has 0 aliphatic heterocycles.